The second-order valence-corrected chi connectivity index (χ2v) is 9.23. The Labute approximate surface area is 209 Å². The molecule has 1 saturated heterocycles. The van der Waals surface area contributed by atoms with E-state index in [0.717, 1.165) is 37.2 Å². The monoisotopic (exact) mass is 501 g/mol. The molecule has 10 heteroatoms. The van der Waals surface area contributed by atoms with Crippen LogP contribution >= 0.6 is 11.8 Å². The number of fused-ring (bicyclic) bond motifs is 1. The Morgan fingerprint density at radius 2 is 1.89 bits per heavy atom. The number of benzene rings is 1. The molecule has 188 valence electrons. The number of aliphatic imine (C=N–C) groups is 1. The lowest BCUT2D eigenvalue weighted by molar-refractivity contribution is -0.141. The van der Waals surface area contributed by atoms with Crippen LogP contribution in [0.25, 0.3) is 0 Å². The molecule has 3 aliphatic rings. The third-order valence-corrected chi connectivity index (χ3v) is 7.16. The van der Waals surface area contributed by atoms with E-state index in [4.69, 9.17) is 23.9 Å². The van der Waals surface area contributed by atoms with E-state index in [1.807, 2.05) is 27.3 Å². The lowest BCUT2D eigenvalue weighted by Gasteiger charge is -2.37. The summed E-state index contributed by atoms with van der Waals surface area (Å²) in [4.78, 5) is 34.9. The summed E-state index contributed by atoms with van der Waals surface area (Å²) in [5.74, 6) is 0.794. The number of carbonyl (C=O) groups excluding carboxylic acids is 2. The average molecular weight is 502 g/mol. The second-order valence-electron chi connectivity index (χ2n) is 8.39. The number of hydrogen-bond donors (Lipinski definition) is 0. The summed E-state index contributed by atoms with van der Waals surface area (Å²) in [5.41, 5.74) is 2.51. The molecule has 3 heterocycles. The molecule has 0 unspecified atom stereocenters. The van der Waals surface area contributed by atoms with Gasteiger partial charge in [-0.15, -0.1) is 0 Å². The number of ether oxygens (including phenoxy) is 4. The van der Waals surface area contributed by atoms with Crippen LogP contribution in [0.5, 0.6) is 11.5 Å². The zero-order chi connectivity index (χ0) is 24.9. The van der Waals surface area contributed by atoms with Gasteiger partial charge in [0.2, 0.25) is 5.91 Å². The van der Waals surface area contributed by atoms with Gasteiger partial charge in [-0.2, -0.15) is 0 Å². The fourth-order valence-electron chi connectivity index (χ4n) is 4.50. The molecule has 1 aromatic rings. The first-order valence-electron chi connectivity index (χ1n) is 11.6. The zero-order valence-electron chi connectivity index (χ0n) is 20.5. The van der Waals surface area contributed by atoms with Crippen LogP contribution in [0.4, 0.5) is 0 Å². The highest BCUT2D eigenvalue weighted by Crippen LogP contribution is 2.47. The van der Waals surface area contributed by atoms with E-state index in [0.29, 0.717) is 27.9 Å². The smallest absolute Gasteiger partial charge is 0.338 e. The Morgan fingerprint density at radius 3 is 2.57 bits per heavy atom. The number of amidine groups is 1. The van der Waals surface area contributed by atoms with E-state index < -0.39 is 12.0 Å². The molecule has 1 aromatic carbocycles. The molecule has 0 aromatic heterocycles. The maximum Gasteiger partial charge on any atom is 0.338 e. The van der Waals surface area contributed by atoms with E-state index in [1.165, 1.54) is 11.8 Å². The Bertz CT molecular complexity index is 1080. The molecule has 0 aliphatic carbocycles. The maximum atomic E-state index is 13.3. The summed E-state index contributed by atoms with van der Waals surface area (Å²) in [6.07, 6.45) is 2.29. The van der Waals surface area contributed by atoms with Gasteiger partial charge in [-0.1, -0.05) is 11.8 Å². The van der Waals surface area contributed by atoms with Crippen molar-refractivity contribution in [3.63, 3.8) is 0 Å². The number of rotatable bonds is 9. The second kappa shape index (κ2) is 11.2. The molecule has 9 nitrogen and oxygen atoms in total. The van der Waals surface area contributed by atoms with Gasteiger partial charge in [-0.3, -0.25) is 4.79 Å². The highest BCUT2D eigenvalue weighted by Gasteiger charge is 2.42. The summed E-state index contributed by atoms with van der Waals surface area (Å²) in [5, 5.41) is 2.66. The van der Waals surface area contributed by atoms with Crippen molar-refractivity contribution in [2.24, 2.45) is 4.99 Å². The standard InChI is InChI=1S/C25H31N3O6S/c1-16-22(24(30)34-12-11-31-2)23(19-8-7-18(32-3)14-20(19)33-4)28-17(15-35-25(28)26-16)13-21(29)27-9-5-6-10-27/h7-8,14-15,23H,5-6,9-13H2,1-4H3/t23-/m1/s1. The largest absolute Gasteiger partial charge is 0.497 e. The van der Waals surface area contributed by atoms with Crippen LogP contribution in [-0.4, -0.2) is 74.5 Å². The topological polar surface area (TPSA) is 89.9 Å². The fraction of sp³-hybridized carbons (Fsp3) is 0.480. The third kappa shape index (κ3) is 5.18. The van der Waals surface area contributed by atoms with Gasteiger partial charge in [0.15, 0.2) is 5.17 Å². The Morgan fingerprint density at radius 1 is 1.11 bits per heavy atom. The van der Waals surface area contributed by atoms with Crippen LogP contribution in [0.3, 0.4) is 0 Å². The first-order chi connectivity index (χ1) is 17.0. The van der Waals surface area contributed by atoms with Crippen LogP contribution in [0.2, 0.25) is 0 Å². The molecular weight excluding hydrogens is 470 g/mol. The summed E-state index contributed by atoms with van der Waals surface area (Å²) >= 11 is 1.45. The Hall–Kier alpha value is -2.98. The Kier molecular flexibility index (Phi) is 8.02. The lowest BCUT2D eigenvalue weighted by Crippen LogP contribution is -2.38. The zero-order valence-corrected chi connectivity index (χ0v) is 21.4. The van der Waals surface area contributed by atoms with Gasteiger partial charge in [-0.05, 0) is 37.3 Å². The van der Waals surface area contributed by atoms with Gasteiger partial charge in [0.25, 0.3) is 0 Å². The summed E-state index contributed by atoms with van der Waals surface area (Å²) in [7, 11) is 4.72. The van der Waals surface area contributed by atoms with E-state index in [1.54, 1.807) is 34.3 Å². The lowest BCUT2D eigenvalue weighted by atomic mass is 9.93. The summed E-state index contributed by atoms with van der Waals surface area (Å²) < 4.78 is 21.6. The van der Waals surface area contributed by atoms with Crippen molar-refractivity contribution < 1.29 is 28.5 Å². The van der Waals surface area contributed by atoms with E-state index in [9.17, 15) is 9.59 Å². The highest BCUT2D eigenvalue weighted by molar-refractivity contribution is 8.16. The van der Waals surface area contributed by atoms with Gasteiger partial charge in [0, 0.05) is 37.5 Å². The number of esters is 1. The van der Waals surface area contributed by atoms with Crippen molar-refractivity contribution in [3.05, 3.63) is 46.1 Å². The van der Waals surface area contributed by atoms with Gasteiger partial charge in [0.1, 0.15) is 18.1 Å². The quantitative estimate of drug-likeness (QED) is 0.375. The first kappa shape index (κ1) is 25.1. The van der Waals surface area contributed by atoms with Crippen LogP contribution in [-0.2, 0) is 19.1 Å². The van der Waals surface area contributed by atoms with E-state index in [-0.39, 0.29) is 25.5 Å². The van der Waals surface area contributed by atoms with E-state index in [2.05, 4.69) is 0 Å². The third-order valence-electron chi connectivity index (χ3n) is 6.27. The molecule has 35 heavy (non-hydrogen) atoms. The minimum Gasteiger partial charge on any atom is -0.497 e. The van der Waals surface area contributed by atoms with Crippen molar-refractivity contribution in [2.45, 2.75) is 32.2 Å². The van der Waals surface area contributed by atoms with Gasteiger partial charge in [0.05, 0.1) is 44.6 Å². The fourth-order valence-corrected chi connectivity index (χ4v) is 5.46. The number of amides is 1. The number of allylic oxidation sites excluding steroid dienone is 1. The van der Waals surface area contributed by atoms with Crippen molar-refractivity contribution in [1.29, 1.82) is 0 Å². The van der Waals surface area contributed by atoms with Crippen LogP contribution in [0, 0.1) is 0 Å². The number of hydrogen-bond acceptors (Lipinski definition) is 9. The number of methoxy groups -OCH3 is 3. The van der Waals surface area contributed by atoms with Gasteiger partial charge in [-0.25, -0.2) is 9.79 Å². The maximum absolute atomic E-state index is 13.3. The first-order valence-corrected chi connectivity index (χ1v) is 12.5. The molecular formula is C25H31N3O6S. The molecule has 0 spiro atoms. The normalized spacial score (nSPS) is 19.4. The molecule has 4 rings (SSSR count). The van der Waals surface area contributed by atoms with Crippen molar-refractivity contribution >= 4 is 28.8 Å². The molecule has 3 aliphatic heterocycles. The van der Waals surface area contributed by atoms with Crippen LogP contribution < -0.4 is 9.47 Å². The van der Waals surface area contributed by atoms with Gasteiger partial charge < -0.3 is 28.7 Å². The molecule has 0 bridgehead atoms. The van der Waals surface area contributed by atoms with Gasteiger partial charge >= 0.3 is 5.97 Å². The molecule has 0 radical (unpaired) electrons. The van der Waals surface area contributed by atoms with Crippen LogP contribution in [0.15, 0.2) is 45.6 Å². The summed E-state index contributed by atoms with van der Waals surface area (Å²) in [6.45, 7) is 3.78. The summed E-state index contributed by atoms with van der Waals surface area (Å²) in [6, 6.07) is 4.91. The van der Waals surface area contributed by atoms with Crippen molar-refractivity contribution in [1.82, 2.24) is 9.80 Å². The number of nitrogens with zero attached hydrogens (tertiary/aromatic N) is 3. The SMILES string of the molecule is COCCOC(=O)C1=C(C)N=C2SC=C(CC(=O)N3CCCC3)N2[C@@H]1c1ccc(OC)cc1OC. The Balaban J connectivity index is 1.74. The van der Waals surface area contributed by atoms with E-state index >= 15 is 0 Å². The van der Waals surface area contributed by atoms with Crippen molar-refractivity contribution in [3.8, 4) is 11.5 Å². The van der Waals surface area contributed by atoms with Crippen LogP contribution in [0.1, 0.15) is 37.8 Å². The minimum atomic E-state index is -0.578. The number of likely N-dealkylation sites (tertiary alicyclic amines) is 1. The molecule has 0 saturated carbocycles. The number of thioether (sulfide) groups is 1. The van der Waals surface area contributed by atoms with Crippen molar-refractivity contribution in [2.75, 3.05) is 47.6 Å². The number of carbonyl (C=O) groups is 2. The average Bonchev–Trinajstić information content (AvgIpc) is 3.53. The highest BCUT2D eigenvalue weighted by atomic mass is 32.2. The molecule has 1 fully saturated rings. The molecule has 0 N–H and O–H groups in total. The predicted octanol–water partition coefficient (Wildman–Crippen LogP) is 3.48. The molecule has 1 atom stereocenters. The molecule has 1 amide bonds. The minimum absolute atomic E-state index is 0.0755. The predicted molar refractivity (Wildman–Crippen MR) is 133 cm³/mol.